The summed E-state index contributed by atoms with van der Waals surface area (Å²) >= 11 is 1.74. The number of aryl methyl sites for hydroxylation is 1. The molecule has 3 N–H and O–H groups in total. The molecule has 1 aliphatic rings. The van der Waals surface area contributed by atoms with Crippen LogP contribution in [0, 0.1) is 6.92 Å². The number of hydrogen-bond donors (Lipinski definition) is 2. The largest absolute Gasteiger partial charge is 0.345 e. The van der Waals surface area contributed by atoms with E-state index in [-0.39, 0.29) is 0 Å². The first kappa shape index (κ1) is 23.1. The Balaban J connectivity index is 0.000000625. The van der Waals surface area contributed by atoms with Crippen LogP contribution in [-0.2, 0) is 0 Å². The third kappa shape index (κ3) is 6.85. The van der Waals surface area contributed by atoms with Crippen LogP contribution in [0.4, 0.5) is 16.4 Å². The van der Waals surface area contributed by atoms with Gasteiger partial charge < -0.3 is 11.1 Å². The van der Waals surface area contributed by atoms with E-state index in [1.807, 2.05) is 78.0 Å². The van der Waals surface area contributed by atoms with Crippen LogP contribution < -0.4 is 11.1 Å². The fraction of sp³-hybridized carbons (Fsp3) is 0.381. The van der Waals surface area contributed by atoms with Crippen LogP contribution in [0.3, 0.4) is 0 Å². The summed E-state index contributed by atoms with van der Waals surface area (Å²) in [4.78, 5) is 5.91. The maximum Gasteiger partial charge on any atom is 0.102 e. The zero-order valence-electron chi connectivity index (χ0n) is 16.7. The predicted octanol–water partition coefficient (Wildman–Crippen LogP) is 6.83. The molecule has 2 heterocycles. The fourth-order valence-corrected chi connectivity index (χ4v) is 2.93. The number of thiophene rings is 1. The summed E-state index contributed by atoms with van der Waals surface area (Å²) in [5.74, 6) is 0. The minimum atomic E-state index is 0.458. The van der Waals surface area contributed by atoms with Gasteiger partial charge in [-0.1, -0.05) is 52.0 Å². The number of hydrogen-bond acceptors (Lipinski definition) is 4. The van der Waals surface area contributed by atoms with Crippen molar-refractivity contribution in [3.8, 4) is 0 Å². The van der Waals surface area contributed by atoms with Gasteiger partial charge in [0.05, 0.1) is 17.1 Å². The van der Waals surface area contributed by atoms with Crippen LogP contribution in [0.25, 0.3) is 0 Å². The molecular formula is C21H33N3S. The second-order valence-corrected chi connectivity index (χ2v) is 5.93. The molecule has 1 aromatic carbocycles. The van der Waals surface area contributed by atoms with Gasteiger partial charge in [-0.2, -0.15) is 0 Å². The van der Waals surface area contributed by atoms with Crippen molar-refractivity contribution in [2.75, 3.05) is 11.9 Å². The highest BCUT2D eigenvalue weighted by Crippen LogP contribution is 2.38. The van der Waals surface area contributed by atoms with Gasteiger partial charge in [0.25, 0.3) is 0 Å². The van der Waals surface area contributed by atoms with Crippen LogP contribution in [-0.4, -0.2) is 12.3 Å². The van der Waals surface area contributed by atoms with Gasteiger partial charge in [-0.15, -0.1) is 11.3 Å². The molecule has 0 saturated carbocycles. The molecule has 3 rings (SSSR count). The molecule has 1 aliphatic heterocycles. The van der Waals surface area contributed by atoms with E-state index in [2.05, 4.69) is 23.3 Å². The maximum atomic E-state index is 5.80. The van der Waals surface area contributed by atoms with Gasteiger partial charge in [0, 0.05) is 17.0 Å². The van der Waals surface area contributed by atoms with Crippen LogP contribution in [0.5, 0.6) is 0 Å². The molecule has 0 amide bonds. The number of nitrogens with zero attached hydrogens (tertiary/aromatic N) is 1. The van der Waals surface area contributed by atoms with Gasteiger partial charge in [0.15, 0.2) is 0 Å². The van der Waals surface area contributed by atoms with Crippen molar-refractivity contribution in [3.63, 3.8) is 0 Å². The third-order valence-electron chi connectivity index (χ3n) is 3.10. The Kier molecular flexibility index (Phi) is 12.4. The lowest BCUT2D eigenvalue weighted by Gasteiger charge is -2.04. The molecule has 4 heteroatoms. The van der Waals surface area contributed by atoms with E-state index >= 15 is 0 Å². The molecule has 2 aromatic rings. The van der Waals surface area contributed by atoms with Gasteiger partial charge in [-0.25, -0.2) is 4.99 Å². The standard InChI is InChI=1S/C13H13N3S.C4H8.2C2H6/c1-8-6-9-12(7-14)15-10-4-2-3-5-11(10)16-13(9)17-8;1-3-4-2;2*1-2/h2-6,16H,7,14H2,1H3;3-4H,1-2H3;2*1-2H3/b;4-3-;;. The molecule has 3 nitrogen and oxygen atoms in total. The predicted molar refractivity (Wildman–Crippen MR) is 117 cm³/mol. The quantitative estimate of drug-likeness (QED) is 0.548. The Hall–Kier alpha value is -1.91. The summed E-state index contributed by atoms with van der Waals surface area (Å²) in [7, 11) is 0. The highest BCUT2D eigenvalue weighted by atomic mass is 32.1. The van der Waals surface area contributed by atoms with E-state index < -0.39 is 0 Å². The van der Waals surface area contributed by atoms with Crippen molar-refractivity contribution in [3.05, 3.63) is 52.9 Å². The smallest absolute Gasteiger partial charge is 0.102 e. The van der Waals surface area contributed by atoms with Crippen molar-refractivity contribution in [1.29, 1.82) is 0 Å². The Morgan fingerprint density at radius 2 is 1.68 bits per heavy atom. The third-order valence-corrected chi connectivity index (χ3v) is 4.07. The van der Waals surface area contributed by atoms with Gasteiger partial charge in [-0.3, -0.25) is 0 Å². The van der Waals surface area contributed by atoms with E-state index in [9.17, 15) is 0 Å². The number of para-hydroxylation sites is 2. The van der Waals surface area contributed by atoms with Crippen LogP contribution in [0.15, 0.2) is 47.5 Å². The number of fused-ring (bicyclic) bond motifs is 2. The lowest BCUT2D eigenvalue weighted by Crippen LogP contribution is -2.14. The lowest BCUT2D eigenvalue weighted by atomic mass is 10.2. The summed E-state index contributed by atoms with van der Waals surface area (Å²) in [5.41, 5.74) is 9.87. The minimum Gasteiger partial charge on any atom is -0.345 e. The van der Waals surface area contributed by atoms with Gasteiger partial charge in [-0.05, 0) is 39.0 Å². The highest BCUT2D eigenvalue weighted by Gasteiger charge is 2.17. The Labute approximate surface area is 157 Å². The number of nitrogens with two attached hydrogens (primary N) is 1. The minimum absolute atomic E-state index is 0.458. The summed E-state index contributed by atoms with van der Waals surface area (Å²) in [6, 6.07) is 10.2. The number of nitrogens with one attached hydrogen (secondary N) is 1. The van der Waals surface area contributed by atoms with Crippen molar-refractivity contribution in [2.24, 2.45) is 10.7 Å². The second-order valence-electron chi connectivity index (χ2n) is 4.67. The first-order valence-corrected chi connectivity index (χ1v) is 9.83. The molecular weight excluding hydrogens is 326 g/mol. The van der Waals surface area contributed by atoms with Crippen LogP contribution in [0.1, 0.15) is 52.0 Å². The van der Waals surface area contributed by atoms with Gasteiger partial charge in [0.2, 0.25) is 0 Å². The molecule has 0 unspecified atom stereocenters. The average Bonchev–Trinajstić information content (AvgIpc) is 2.97. The number of benzene rings is 1. The zero-order valence-corrected chi connectivity index (χ0v) is 17.5. The fourth-order valence-electron chi connectivity index (χ4n) is 1.98. The number of allylic oxidation sites excluding steroid dienone is 2. The summed E-state index contributed by atoms with van der Waals surface area (Å²) < 4.78 is 0. The molecule has 0 bridgehead atoms. The molecule has 138 valence electrons. The van der Waals surface area contributed by atoms with E-state index in [1.54, 1.807) is 11.3 Å². The Bertz CT molecular complexity index is 666. The highest BCUT2D eigenvalue weighted by molar-refractivity contribution is 7.16. The zero-order chi connectivity index (χ0) is 19.2. The average molecular weight is 360 g/mol. The maximum absolute atomic E-state index is 5.80. The number of aliphatic imine (C=N–C) groups is 1. The molecule has 0 radical (unpaired) electrons. The Morgan fingerprint density at radius 3 is 2.24 bits per heavy atom. The van der Waals surface area contributed by atoms with E-state index in [4.69, 9.17) is 5.73 Å². The Morgan fingerprint density at radius 1 is 1.08 bits per heavy atom. The van der Waals surface area contributed by atoms with Crippen molar-refractivity contribution >= 4 is 33.4 Å². The van der Waals surface area contributed by atoms with Crippen molar-refractivity contribution in [2.45, 2.75) is 48.5 Å². The van der Waals surface area contributed by atoms with Crippen molar-refractivity contribution in [1.82, 2.24) is 0 Å². The number of rotatable bonds is 1. The van der Waals surface area contributed by atoms with Crippen molar-refractivity contribution < 1.29 is 0 Å². The first-order chi connectivity index (χ1) is 12.2. The van der Waals surface area contributed by atoms with E-state index in [1.165, 1.54) is 4.88 Å². The normalized spacial score (nSPS) is 11.0. The van der Waals surface area contributed by atoms with Gasteiger partial charge >= 0.3 is 0 Å². The van der Waals surface area contributed by atoms with E-state index in [0.717, 1.165) is 27.7 Å². The molecule has 25 heavy (non-hydrogen) atoms. The first-order valence-electron chi connectivity index (χ1n) is 9.01. The molecule has 0 aliphatic carbocycles. The molecule has 0 saturated heterocycles. The second kappa shape index (κ2) is 13.4. The number of anilines is 2. The van der Waals surface area contributed by atoms with Gasteiger partial charge in [0.1, 0.15) is 5.00 Å². The topological polar surface area (TPSA) is 50.4 Å². The van der Waals surface area contributed by atoms with Crippen LogP contribution >= 0.6 is 11.3 Å². The lowest BCUT2D eigenvalue weighted by molar-refractivity contribution is 1.29. The molecule has 1 aromatic heterocycles. The SMILES string of the molecule is C/C=C\C.CC.CC.Cc1cc2c(s1)Nc1ccccc1N=C2CN. The monoisotopic (exact) mass is 359 g/mol. The molecule has 0 atom stereocenters. The van der Waals surface area contributed by atoms with E-state index in [0.29, 0.717) is 6.54 Å². The molecule has 0 fully saturated rings. The van der Waals surface area contributed by atoms with Crippen LogP contribution in [0.2, 0.25) is 0 Å². The molecule has 0 spiro atoms. The summed E-state index contributed by atoms with van der Waals surface area (Å²) in [5, 5.41) is 4.57. The summed E-state index contributed by atoms with van der Waals surface area (Å²) in [6.07, 6.45) is 4.00. The summed E-state index contributed by atoms with van der Waals surface area (Å²) in [6.45, 7) is 14.6.